The molecular formula is C17H16N2O. The fourth-order valence-corrected chi connectivity index (χ4v) is 2.23. The topological polar surface area (TPSA) is 38.0 Å². The van der Waals surface area contributed by atoms with Gasteiger partial charge in [-0.1, -0.05) is 54.6 Å². The molecule has 0 aliphatic carbocycles. The number of aliphatic hydroxyl groups excluding tert-OH is 1. The van der Waals surface area contributed by atoms with Crippen molar-refractivity contribution >= 4 is 0 Å². The van der Waals surface area contributed by atoms with Gasteiger partial charge in [-0.05, 0) is 16.7 Å². The predicted octanol–water partition coefficient (Wildman–Crippen LogP) is 3.28. The Morgan fingerprint density at radius 3 is 2.30 bits per heavy atom. The molecule has 0 saturated carbocycles. The van der Waals surface area contributed by atoms with E-state index in [1.807, 2.05) is 53.2 Å². The monoisotopic (exact) mass is 264 g/mol. The van der Waals surface area contributed by atoms with Gasteiger partial charge in [-0.15, -0.1) is 0 Å². The van der Waals surface area contributed by atoms with E-state index >= 15 is 0 Å². The minimum Gasteiger partial charge on any atom is -0.387 e. The lowest BCUT2D eigenvalue weighted by Crippen LogP contribution is -2.06. The van der Waals surface area contributed by atoms with E-state index in [0.717, 1.165) is 11.1 Å². The summed E-state index contributed by atoms with van der Waals surface area (Å²) in [6, 6.07) is 18.3. The number of benzene rings is 2. The van der Waals surface area contributed by atoms with Gasteiger partial charge in [0.05, 0.1) is 19.0 Å². The van der Waals surface area contributed by atoms with Crippen LogP contribution < -0.4 is 0 Å². The van der Waals surface area contributed by atoms with Gasteiger partial charge in [0.2, 0.25) is 0 Å². The zero-order valence-corrected chi connectivity index (χ0v) is 11.1. The molecule has 3 aromatic rings. The Bertz CT molecular complexity index is 645. The quantitative estimate of drug-likeness (QED) is 0.785. The van der Waals surface area contributed by atoms with Crippen LogP contribution in [-0.4, -0.2) is 14.7 Å². The highest BCUT2D eigenvalue weighted by atomic mass is 16.3. The van der Waals surface area contributed by atoms with Gasteiger partial charge in [-0.25, -0.2) is 4.98 Å². The predicted molar refractivity (Wildman–Crippen MR) is 79.1 cm³/mol. The van der Waals surface area contributed by atoms with Crippen LogP contribution in [0.4, 0.5) is 0 Å². The summed E-state index contributed by atoms with van der Waals surface area (Å²) in [7, 11) is 0. The van der Waals surface area contributed by atoms with E-state index < -0.39 is 6.10 Å². The molecule has 0 radical (unpaired) electrons. The molecule has 0 spiro atoms. The minimum atomic E-state index is -0.519. The first-order chi connectivity index (χ1) is 9.83. The largest absolute Gasteiger partial charge is 0.387 e. The van der Waals surface area contributed by atoms with Crippen molar-refractivity contribution < 1.29 is 5.11 Å². The average Bonchev–Trinajstić information content (AvgIpc) is 3.01. The van der Waals surface area contributed by atoms with E-state index in [4.69, 9.17) is 0 Å². The SMILES string of the molecule is OC(Cn1ccnc1)c1ccc(-c2ccccc2)cc1. The Morgan fingerprint density at radius 2 is 1.65 bits per heavy atom. The Hall–Kier alpha value is -2.39. The molecule has 0 saturated heterocycles. The summed E-state index contributed by atoms with van der Waals surface area (Å²) in [6.45, 7) is 0.519. The summed E-state index contributed by atoms with van der Waals surface area (Å²) in [5.74, 6) is 0. The van der Waals surface area contributed by atoms with Crippen LogP contribution in [0.5, 0.6) is 0 Å². The highest BCUT2D eigenvalue weighted by Crippen LogP contribution is 2.22. The van der Waals surface area contributed by atoms with Gasteiger partial charge in [0.1, 0.15) is 0 Å². The zero-order chi connectivity index (χ0) is 13.8. The number of rotatable bonds is 4. The van der Waals surface area contributed by atoms with Crippen molar-refractivity contribution in [1.82, 2.24) is 9.55 Å². The molecule has 0 fully saturated rings. The van der Waals surface area contributed by atoms with E-state index in [1.54, 1.807) is 12.5 Å². The Kier molecular flexibility index (Phi) is 3.61. The van der Waals surface area contributed by atoms with Gasteiger partial charge < -0.3 is 9.67 Å². The van der Waals surface area contributed by atoms with E-state index in [2.05, 4.69) is 17.1 Å². The van der Waals surface area contributed by atoms with Crippen molar-refractivity contribution in [3.63, 3.8) is 0 Å². The smallest absolute Gasteiger partial charge is 0.0969 e. The number of nitrogens with zero attached hydrogens (tertiary/aromatic N) is 2. The number of aromatic nitrogens is 2. The van der Waals surface area contributed by atoms with Crippen molar-refractivity contribution in [3.05, 3.63) is 78.9 Å². The van der Waals surface area contributed by atoms with Gasteiger partial charge in [-0.2, -0.15) is 0 Å². The number of hydrogen-bond acceptors (Lipinski definition) is 2. The standard InChI is InChI=1S/C17H16N2O/c20-17(12-19-11-10-18-13-19)16-8-6-15(7-9-16)14-4-2-1-3-5-14/h1-11,13,17,20H,12H2. The molecule has 100 valence electrons. The van der Waals surface area contributed by atoms with Crippen molar-refractivity contribution in [2.45, 2.75) is 12.6 Å². The highest BCUT2D eigenvalue weighted by Gasteiger charge is 2.08. The first kappa shape index (κ1) is 12.6. The van der Waals surface area contributed by atoms with Crippen LogP contribution in [0.3, 0.4) is 0 Å². The molecule has 1 atom stereocenters. The first-order valence-electron chi connectivity index (χ1n) is 6.62. The Morgan fingerprint density at radius 1 is 0.950 bits per heavy atom. The van der Waals surface area contributed by atoms with E-state index in [1.165, 1.54) is 5.56 Å². The van der Waals surface area contributed by atoms with Crippen LogP contribution >= 0.6 is 0 Å². The molecule has 1 aromatic heterocycles. The summed E-state index contributed by atoms with van der Waals surface area (Å²) >= 11 is 0. The maximum atomic E-state index is 10.2. The van der Waals surface area contributed by atoms with Crippen LogP contribution in [0.1, 0.15) is 11.7 Å². The minimum absolute atomic E-state index is 0.519. The number of hydrogen-bond donors (Lipinski definition) is 1. The molecule has 0 amide bonds. The first-order valence-corrected chi connectivity index (χ1v) is 6.62. The summed E-state index contributed by atoms with van der Waals surface area (Å²) in [4.78, 5) is 3.97. The van der Waals surface area contributed by atoms with Crippen molar-refractivity contribution in [2.24, 2.45) is 0 Å². The lowest BCUT2D eigenvalue weighted by atomic mass is 10.0. The molecule has 2 aromatic carbocycles. The van der Waals surface area contributed by atoms with Crippen LogP contribution in [0, 0.1) is 0 Å². The molecule has 1 unspecified atom stereocenters. The molecule has 3 heteroatoms. The van der Waals surface area contributed by atoms with Gasteiger partial charge in [0.15, 0.2) is 0 Å². The third kappa shape index (κ3) is 2.78. The fraction of sp³-hybridized carbons (Fsp3) is 0.118. The summed E-state index contributed by atoms with van der Waals surface area (Å²) < 4.78 is 1.87. The fourth-order valence-electron chi connectivity index (χ4n) is 2.23. The summed E-state index contributed by atoms with van der Waals surface area (Å²) in [5.41, 5.74) is 3.26. The van der Waals surface area contributed by atoms with Gasteiger partial charge in [0.25, 0.3) is 0 Å². The van der Waals surface area contributed by atoms with Crippen LogP contribution in [0.15, 0.2) is 73.3 Å². The third-order valence-corrected chi connectivity index (χ3v) is 3.35. The highest BCUT2D eigenvalue weighted by molar-refractivity contribution is 5.63. The molecular weight excluding hydrogens is 248 g/mol. The van der Waals surface area contributed by atoms with Crippen LogP contribution in [0.2, 0.25) is 0 Å². The van der Waals surface area contributed by atoms with Crippen molar-refractivity contribution in [2.75, 3.05) is 0 Å². The Labute approximate surface area is 118 Å². The molecule has 20 heavy (non-hydrogen) atoms. The molecule has 0 aliphatic rings. The maximum Gasteiger partial charge on any atom is 0.0969 e. The molecule has 3 nitrogen and oxygen atoms in total. The van der Waals surface area contributed by atoms with E-state index in [0.29, 0.717) is 6.54 Å². The van der Waals surface area contributed by atoms with Gasteiger partial charge >= 0.3 is 0 Å². The maximum absolute atomic E-state index is 10.2. The van der Waals surface area contributed by atoms with Gasteiger partial charge in [-0.3, -0.25) is 0 Å². The number of imidazole rings is 1. The van der Waals surface area contributed by atoms with E-state index in [-0.39, 0.29) is 0 Å². The molecule has 1 heterocycles. The summed E-state index contributed by atoms with van der Waals surface area (Å²) in [5, 5.41) is 10.2. The zero-order valence-electron chi connectivity index (χ0n) is 11.1. The molecule has 1 N–H and O–H groups in total. The van der Waals surface area contributed by atoms with E-state index in [9.17, 15) is 5.11 Å². The lowest BCUT2D eigenvalue weighted by molar-refractivity contribution is 0.156. The normalized spacial score (nSPS) is 12.2. The second kappa shape index (κ2) is 5.72. The van der Waals surface area contributed by atoms with Crippen molar-refractivity contribution in [3.8, 4) is 11.1 Å². The second-order valence-corrected chi connectivity index (χ2v) is 4.76. The molecule has 3 rings (SSSR count). The number of aliphatic hydroxyl groups is 1. The van der Waals surface area contributed by atoms with Crippen LogP contribution in [-0.2, 0) is 6.54 Å². The van der Waals surface area contributed by atoms with Gasteiger partial charge in [0, 0.05) is 12.4 Å². The third-order valence-electron chi connectivity index (χ3n) is 3.35. The van der Waals surface area contributed by atoms with Crippen molar-refractivity contribution in [1.29, 1.82) is 0 Å². The Balaban J connectivity index is 1.76. The average molecular weight is 264 g/mol. The second-order valence-electron chi connectivity index (χ2n) is 4.76. The molecule has 0 aliphatic heterocycles. The lowest BCUT2D eigenvalue weighted by Gasteiger charge is -2.12. The molecule has 0 bridgehead atoms. The van der Waals surface area contributed by atoms with Crippen LogP contribution in [0.25, 0.3) is 11.1 Å². The summed E-state index contributed by atoms with van der Waals surface area (Å²) in [6.07, 6.45) is 4.75.